The molecule has 0 aliphatic rings. The van der Waals surface area contributed by atoms with Crippen molar-refractivity contribution in [2.45, 2.75) is 30.3 Å². The summed E-state index contributed by atoms with van der Waals surface area (Å²) in [6.07, 6.45) is 1.58. The number of carbonyl (C=O) groups is 1. The fraction of sp³-hybridized carbons (Fsp3) is 0.174. The maximum absolute atomic E-state index is 13.2. The molecule has 8 heteroatoms. The van der Waals surface area contributed by atoms with E-state index in [2.05, 4.69) is 15.5 Å². The van der Waals surface area contributed by atoms with Crippen LogP contribution in [-0.2, 0) is 4.79 Å². The number of furan rings is 1. The minimum atomic E-state index is -0.431. The van der Waals surface area contributed by atoms with E-state index in [1.807, 2.05) is 54.8 Å². The molecule has 2 heterocycles. The van der Waals surface area contributed by atoms with Gasteiger partial charge in [-0.25, -0.2) is 4.39 Å². The monoisotopic (exact) mass is 436 g/mol. The van der Waals surface area contributed by atoms with Gasteiger partial charge in [0.05, 0.1) is 17.6 Å². The summed E-state index contributed by atoms with van der Waals surface area (Å²) < 4.78 is 20.5. The van der Waals surface area contributed by atoms with Crippen LogP contribution in [-0.4, -0.2) is 25.9 Å². The number of carbonyl (C=O) groups excluding carboxylic acids is 1. The lowest BCUT2D eigenvalue weighted by Crippen LogP contribution is -2.33. The highest BCUT2D eigenvalue weighted by Gasteiger charge is 2.23. The van der Waals surface area contributed by atoms with Crippen molar-refractivity contribution < 1.29 is 13.6 Å². The van der Waals surface area contributed by atoms with Crippen molar-refractivity contribution >= 4 is 17.7 Å². The Morgan fingerprint density at radius 2 is 1.77 bits per heavy atom. The van der Waals surface area contributed by atoms with Gasteiger partial charge in [0.2, 0.25) is 11.7 Å². The van der Waals surface area contributed by atoms with Crippen LogP contribution in [0.4, 0.5) is 4.39 Å². The molecule has 2 atom stereocenters. The molecule has 0 aliphatic heterocycles. The van der Waals surface area contributed by atoms with Crippen LogP contribution in [0.2, 0.25) is 0 Å². The first-order chi connectivity index (χ1) is 15.0. The first kappa shape index (κ1) is 20.9. The van der Waals surface area contributed by atoms with Crippen LogP contribution in [0.1, 0.15) is 25.5 Å². The van der Waals surface area contributed by atoms with Gasteiger partial charge in [0.15, 0.2) is 10.9 Å². The van der Waals surface area contributed by atoms with Crippen LogP contribution in [0.3, 0.4) is 0 Å². The minimum Gasteiger partial charge on any atom is -0.461 e. The van der Waals surface area contributed by atoms with Gasteiger partial charge in [-0.1, -0.05) is 42.1 Å². The molecule has 2 aromatic carbocycles. The Morgan fingerprint density at radius 1 is 1.03 bits per heavy atom. The standard InChI is InChI=1S/C23H21FN4O2S/c1-15(17-10-12-18(24)13-11-17)25-22(29)16(2)31-23-27-26-21(20-9-6-14-30-20)28(23)19-7-4-3-5-8-19/h3-16H,1-2H3,(H,25,29). The van der Waals surface area contributed by atoms with Gasteiger partial charge in [0.1, 0.15) is 5.82 Å². The number of hydrogen-bond donors (Lipinski definition) is 1. The number of thioether (sulfide) groups is 1. The van der Waals surface area contributed by atoms with Crippen molar-refractivity contribution in [1.29, 1.82) is 0 Å². The van der Waals surface area contributed by atoms with E-state index in [-0.39, 0.29) is 17.8 Å². The largest absolute Gasteiger partial charge is 0.461 e. The summed E-state index contributed by atoms with van der Waals surface area (Å²) in [5.41, 5.74) is 1.70. The quantitative estimate of drug-likeness (QED) is 0.412. The molecule has 2 aromatic heterocycles. The molecule has 0 saturated heterocycles. The van der Waals surface area contributed by atoms with E-state index in [9.17, 15) is 9.18 Å². The summed E-state index contributed by atoms with van der Waals surface area (Å²) in [6.45, 7) is 3.68. The first-order valence-electron chi connectivity index (χ1n) is 9.80. The lowest BCUT2D eigenvalue weighted by atomic mass is 10.1. The molecule has 31 heavy (non-hydrogen) atoms. The Bertz CT molecular complexity index is 1140. The predicted octanol–water partition coefficient (Wildman–Crippen LogP) is 5.02. The van der Waals surface area contributed by atoms with E-state index >= 15 is 0 Å². The minimum absolute atomic E-state index is 0.149. The van der Waals surface area contributed by atoms with Crippen molar-refractivity contribution in [3.05, 3.63) is 84.4 Å². The summed E-state index contributed by atoms with van der Waals surface area (Å²) >= 11 is 1.31. The number of halogens is 1. The predicted molar refractivity (Wildman–Crippen MR) is 117 cm³/mol. The number of hydrogen-bond acceptors (Lipinski definition) is 5. The highest BCUT2D eigenvalue weighted by atomic mass is 32.2. The van der Waals surface area contributed by atoms with Crippen molar-refractivity contribution in [2.24, 2.45) is 0 Å². The topological polar surface area (TPSA) is 73.0 Å². The fourth-order valence-electron chi connectivity index (χ4n) is 3.10. The molecule has 0 saturated carbocycles. The summed E-state index contributed by atoms with van der Waals surface area (Å²) in [5.74, 6) is 0.694. The van der Waals surface area contributed by atoms with Gasteiger partial charge in [-0.3, -0.25) is 9.36 Å². The molecule has 0 fully saturated rings. The zero-order valence-electron chi connectivity index (χ0n) is 17.0. The van der Waals surface area contributed by atoms with E-state index in [0.29, 0.717) is 16.7 Å². The van der Waals surface area contributed by atoms with Crippen LogP contribution >= 0.6 is 11.8 Å². The van der Waals surface area contributed by atoms with Gasteiger partial charge < -0.3 is 9.73 Å². The molecule has 0 bridgehead atoms. The summed E-state index contributed by atoms with van der Waals surface area (Å²) in [6, 6.07) is 19.1. The summed E-state index contributed by atoms with van der Waals surface area (Å²) in [5, 5.41) is 11.7. The van der Waals surface area contributed by atoms with Gasteiger partial charge in [0, 0.05) is 5.69 Å². The SMILES string of the molecule is CC(Sc1nnc(-c2ccco2)n1-c1ccccc1)C(=O)NC(C)c1ccc(F)cc1. The van der Waals surface area contributed by atoms with Gasteiger partial charge in [-0.2, -0.15) is 0 Å². The number of amides is 1. The Morgan fingerprint density at radius 3 is 2.45 bits per heavy atom. The molecular formula is C23H21FN4O2S. The Kier molecular flexibility index (Phi) is 6.18. The van der Waals surface area contributed by atoms with E-state index in [1.54, 1.807) is 24.5 Å². The van der Waals surface area contributed by atoms with E-state index in [4.69, 9.17) is 4.42 Å². The smallest absolute Gasteiger partial charge is 0.233 e. The van der Waals surface area contributed by atoms with E-state index < -0.39 is 5.25 Å². The second-order valence-electron chi connectivity index (χ2n) is 7.00. The molecule has 6 nitrogen and oxygen atoms in total. The maximum Gasteiger partial charge on any atom is 0.233 e. The first-order valence-corrected chi connectivity index (χ1v) is 10.7. The average Bonchev–Trinajstić information content (AvgIpc) is 3.44. The fourth-order valence-corrected chi connectivity index (χ4v) is 3.98. The van der Waals surface area contributed by atoms with E-state index in [0.717, 1.165) is 11.3 Å². The van der Waals surface area contributed by atoms with Crippen LogP contribution in [0, 0.1) is 5.82 Å². The molecule has 0 radical (unpaired) electrons. The Labute approximate surface area is 183 Å². The second-order valence-corrected chi connectivity index (χ2v) is 8.30. The van der Waals surface area contributed by atoms with Crippen LogP contribution in [0.5, 0.6) is 0 Å². The third kappa shape index (κ3) is 4.69. The lowest BCUT2D eigenvalue weighted by molar-refractivity contribution is -0.120. The van der Waals surface area contributed by atoms with Gasteiger partial charge in [0.25, 0.3) is 0 Å². The van der Waals surface area contributed by atoms with Gasteiger partial charge in [-0.15, -0.1) is 10.2 Å². The van der Waals surface area contributed by atoms with E-state index in [1.165, 1.54) is 23.9 Å². The summed E-state index contributed by atoms with van der Waals surface area (Å²) in [7, 11) is 0. The Balaban J connectivity index is 1.54. The van der Waals surface area contributed by atoms with Crippen LogP contribution in [0.25, 0.3) is 17.3 Å². The maximum atomic E-state index is 13.2. The molecule has 2 unspecified atom stereocenters. The summed E-state index contributed by atoms with van der Waals surface area (Å²) in [4.78, 5) is 12.8. The highest BCUT2D eigenvalue weighted by Crippen LogP contribution is 2.30. The molecule has 4 aromatic rings. The number of para-hydroxylation sites is 1. The second kappa shape index (κ2) is 9.18. The number of benzene rings is 2. The molecular weight excluding hydrogens is 415 g/mol. The number of aromatic nitrogens is 3. The third-order valence-corrected chi connectivity index (χ3v) is 5.81. The van der Waals surface area contributed by atoms with Crippen LogP contribution < -0.4 is 5.32 Å². The molecule has 0 aliphatic carbocycles. The highest BCUT2D eigenvalue weighted by molar-refractivity contribution is 8.00. The number of nitrogens with zero attached hydrogens (tertiary/aromatic N) is 3. The van der Waals surface area contributed by atoms with Crippen LogP contribution in [0.15, 0.2) is 82.6 Å². The lowest BCUT2D eigenvalue weighted by Gasteiger charge is -2.18. The van der Waals surface area contributed by atoms with Crippen molar-refractivity contribution in [3.8, 4) is 17.3 Å². The molecule has 158 valence electrons. The molecule has 1 amide bonds. The molecule has 4 rings (SSSR count). The van der Waals surface area contributed by atoms with Crippen molar-refractivity contribution in [1.82, 2.24) is 20.1 Å². The zero-order chi connectivity index (χ0) is 21.8. The third-order valence-electron chi connectivity index (χ3n) is 4.77. The van der Waals surface area contributed by atoms with Gasteiger partial charge >= 0.3 is 0 Å². The molecule has 0 spiro atoms. The zero-order valence-corrected chi connectivity index (χ0v) is 17.8. The Hall–Kier alpha value is -3.39. The van der Waals surface area contributed by atoms with Crippen molar-refractivity contribution in [3.63, 3.8) is 0 Å². The normalized spacial score (nSPS) is 13.0. The average molecular weight is 437 g/mol. The van der Waals surface area contributed by atoms with Crippen molar-refractivity contribution in [2.75, 3.05) is 0 Å². The van der Waals surface area contributed by atoms with Gasteiger partial charge in [-0.05, 0) is 55.8 Å². The molecule has 1 N–H and O–H groups in total. The number of rotatable bonds is 7. The number of nitrogens with one attached hydrogen (secondary N) is 1.